The molecular weight excluding hydrogens is 190 g/mol. The molecule has 15 heavy (non-hydrogen) atoms. The molecule has 4 heteroatoms. The summed E-state index contributed by atoms with van der Waals surface area (Å²) >= 11 is 0. The van der Waals surface area contributed by atoms with Gasteiger partial charge in [-0.2, -0.15) is 0 Å². The second-order valence-electron chi connectivity index (χ2n) is 4.64. The fourth-order valence-electron chi connectivity index (χ4n) is 1.56. The number of hydrogen-bond donors (Lipinski definition) is 2. The van der Waals surface area contributed by atoms with Crippen molar-refractivity contribution in [1.82, 2.24) is 15.5 Å². The Labute approximate surface area is 93.4 Å². The normalized spacial score (nSPS) is 13.3. The summed E-state index contributed by atoms with van der Waals surface area (Å²) in [5, 5.41) is 5.89. The van der Waals surface area contributed by atoms with Crippen molar-refractivity contribution in [3.63, 3.8) is 0 Å². The Bertz CT molecular complexity index is 171. The molecule has 0 heterocycles. The second kappa shape index (κ2) is 7.65. The molecule has 1 unspecified atom stereocenters. The highest BCUT2D eigenvalue weighted by molar-refractivity contribution is 5.77. The van der Waals surface area contributed by atoms with Crippen molar-refractivity contribution in [2.75, 3.05) is 34.2 Å². The van der Waals surface area contributed by atoms with E-state index >= 15 is 0 Å². The molecule has 0 saturated carbocycles. The van der Waals surface area contributed by atoms with Crippen molar-refractivity contribution >= 4 is 5.91 Å². The zero-order valence-electron chi connectivity index (χ0n) is 10.6. The number of amides is 1. The lowest BCUT2D eigenvalue weighted by Crippen LogP contribution is -2.43. The molecule has 0 radical (unpaired) electrons. The maximum atomic E-state index is 11.1. The maximum absolute atomic E-state index is 11.1. The minimum atomic E-state index is 0.0440. The summed E-state index contributed by atoms with van der Waals surface area (Å²) in [6.45, 7) is 5.77. The van der Waals surface area contributed by atoms with Crippen molar-refractivity contribution in [2.45, 2.75) is 26.3 Å². The van der Waals surface area contributed by atoms with E-state index in [0.29, 0.717) is 18.5 Å². The van der Waals surface area contributed by atoms with Gasteiger partial charge in [0.25, 0.3) is 0 Å². The lowest BCUT2D eigenvalue weighted by molar-refractivity contribution is -0.119. The molecule has 90 valence electrons. The zero-order valence-corrected chi connectivity index (χ0v) is 10.6. The van der Waals surface area contributed by atoms with E-state index in [1.807, 2.05) is 0 Å². The molecule has 0 aromatic rings. The van der Waals surface area contributed by atoms with Crippen LogP contribution in [0.1, 0.15) is 20.3 Å². The number of likely N-dealkylation sites (N-methyl/N-ethyl adjacent to an activating group) is 2. The Morgan fingerprint density at radius 2 is 1.93 bits per heavy atom. The maximum Gasteiger partial charge on any atom is 0.233 e. The smallest absolute Gasteiger partial charge is 0.233 e. The summed E-state index contributed by atoms with van der Waals surface area (Å²) in [7, 11) is 5.76. The number of nitrogens with zero attached hydrogens (tertiary/aromatic N) is 1. The number of carbonyl (C=O) groups is 1. The largest absolute Gasteiger partial charge is 0.358 e. The van der Waals surface area contributed by atoms with Gasteiger partial charge in [-0.1, -0.05) is 13.8 Å². The first-order chi connectivity index (χ1) is 6.95. The van der Waals surface area contributed by atoms with Gasteiger partial charge in [-0.15, -0.1) is 0 Å². The van der Waals surface area contributed by atoms with Crippen molar-refractivity contribution < 1.29 is 4.79 Å². The van der Waals surface area contributed by atoms with Crippen molar-refractivity contribution in [3.8, 4) is 0 Å². The fraction of sp³-hybridized carbons (Fsp3) is 0.909. The van der Waals surface area contributed by atoms with Crippen LogP contribution in [0.4, 0.5) is 0 Å². The van der Waals surface area contributed by atoms with E-state index in [4.69, 9.17) is 0 Å². The summed E-state index contributed by atoms with van der Waals surface area (Å²) in [5.74, 6) is 0.689. The van der Waals surface area contributed by atoms with Gasteiger partial charge in [0.05, 0.1) is 6.54 Å². The van der Waals surface area contributed by atoms with Crippen LogP contribution in [0.15, 0.2) is 0 Å². The average Bonchev–Trinajstić information content (AvgIpc) is 2.11. The quantitative estimate of drug-likeness (QED) is 0.642. The van der Waals surface area contributed by atoms with E-state index in [2.05, 4.69) is 43.5 Å². The molecule has 1 atom stereocenters. The van der Waals surface area contributed by atoms with E-state index in [9.17, 15) is 4.79 Å². The Balaban J connectivity index is 3.95. The average molecular weight is 215 g/mol. The van der Waals surface area contributed by atoms with Crippen LogP contribution in [0.3, 0.4) is 0 Å². The molecule has 0 aliphatic rings. The molecule has 0 bridgehead atoms. The first kappa shape index (κ1) is 14.4. The number of hydrogen-bond acceptors (Lipinski definition) is 3. The molecule has 4 nitrogen and oxygen atoms in total. The van der Waals surface area contributed by atoms with E-state index in [1.54, 1.807) is 7.05 Å². The van der Waals surface area contributed by atoms with Crippen LogP contribution in [0.5, 0.6) is 0 Å². The van der Waals surface area contributed by atoms with Crippen LogP contribution in [0, 0.1) is 5.92 Å². The minimum absolute atomic E-state index is 0.0440. The predicted molar refractivity (Wildman–Crippen MR) is 63.9 cm³/mol. The second-order valence-corrected chi connectivity index (χ2v) is 4.64. The topological polar surface area (TPSA) is 44.4 Å². The summed E-state index contributed by atoms with van der Waals surface area (Å²) in [4.78, 5) is 13.2. The summed E-state index contributed by atoms with van der Waals surface area (Å²) < 4.78 is 0. The molecule has 0 rings (SSSR count). The molecule has 1 amide bonds. The molecule has 0 aliphatic heterocycles. The van der Waals surface area contributed by atoms with E-state index < -0.39 is 0 Å². The molecule has 0 saturated heterocycles. The lowest BCUT2D eigenvalue weighted by atomic mass is 10.0. The van der Waals surface area contributed by atoms with Gasteiger partial charge in [0.1, 0.15) is 0 Å². The van der Waals surface area contributed by atoms with Crippen LogP contribution in [-0.4, -0.2) is 51.1 Å². The van der Waals surface area contributed by atoms with E-state index in [1.165, 1.54) is 0 Å². The third-order valence-electron chi connectivity index (χ3n) is 2.17. The molecule has 0 fully saturated rings. The summed E-state index contributed by atoms with van der Waals surface area (Å²) in [6, 6.07) is 0.386. The molecule has 0 spiro atoms. The first-order valence-corrected chi connectivity index (χ1v) is 5.54. The highest BCUT2D eigenvalue weighted by Crippen LogP contribution is 2.05. The van der Waals surface area contributed by atoms with Crippen LogP contribution in [0.25, 0.3) is 0 Å². The van der Waals surface area contributed by atoms with Gasteiger partial charge in [0, 0.05) is 19.6 Å². The highest BCUT2D eigenvalue weighted by atomic mass is 16.1. The molecule has 0 aliphatic carbocycles. The van der Waals surface area contributed by atoms with Crippen molar-refractivity contribution in [1.29, 1.82) is 0 Å². The Morgan fingerprint density at radius 1 is 1.33 bits per heavy atom. The summed E-state index contributed by atoms with van der Waals surface area (Å²) in [6.07, 6.45) is 1.09. The predicted octanol–water partition coefficient (Wildman–Crippen LogP) is 0.298. The van der Waals surface area contributed by atoms with Crippen LogP contribution < -0.4 is 10.6 Å². The van der Waals surface area contributed by atoms with Crippen LogP contribution >= 0.6 is 0 Å². The Kier molecular flexibility index (Phi) is 7.34. The monoisotopic (exact) mass is 215 g/mol. The SMILES string of the molecule is CNC(=O)CNC(CC(C)C)CN(C)C. The van der Waals surface area contributed by atoms with E-state index in [0.717, 1.165) is 13.0 Å². The Hall–Kier alpha value is -0.610. The molecular formula is C11H25N3O. The number of carbonyl (C=O) groups excluding carboxylic acids is 1. The number of rotatable bonds is 7. The molecule has 2 N–H and O–H groups in total. The van der Waals surface area contributed by atoms with Crippen molar-refractivity contribution in [3.05, 3.63) is 0 Å². The van der Waals surface area contributed by atoms with Gasteiger partial charge >= 0.3 is 0 Å². The van der Waals surface area contributed by atoms with Gasteiger partial charge < -0.3 is 15.5 Å². The zero-order chi connectivity index (χ0) is 11.8. The third kappa shape index (κ3) is 8.39. The van der Waals surface area contributed by atoms with Crippen LogP contribution in [-0.2, 0) is 4.79 Å². The van der Waals surface area contributed by atoms with Gasteiger partial charge in [-0.05, 0) is 26.4 Å². The number of nitrogens with one attached hydrogen (secondary N) is 2. The lowest BCUT2D eigenvalue weighted by Gasteiger charge is -2.23. The Morgan fingerprint density at radius 3 is 2.33 bits per heavy atom. The van der Waals surface area contributed by atoms with E-state index in [-0.39, 0.29) is 5.91 Å². The standard InChI is InChI=1S/C11H25N3O/c1-9(2)6-10(8-14(4)5)13-7-11(15)12-3/h9-10,13H,6-8H2,1-5H3,(H,12,15). The van der Waals surface area contributed by atoms with Gasteiger partial charge in [0.15, 0.2) is 0 Å². The van der Waals surface area contributed by atoms with Crippen LogP contribution in [0.2, 0.25) is 0 Å². The van der Waals surface area contributed by atoms with Gasteiger partial charge in [0.2, 0.25) is 5.91 Å². The highest BCUT2D eigenvalue weighted by Gasteiger charge is 2.12. The molecule has 0 aromatic carbocycles. The first-order valence-electron chi connectivity index (χ1n) is 5.54. The summed E-state index contributed by atoms with van der Waals surface area (Å²) in [5.41, 5.74) is 0. The third-order valence-corrected chi connectivity index (χ3v) is 2.17. The van der Waals surface area contributed by atoms with Crippen molar-refractivity contribution in [2.24, 2.45) is 5.92 Å². The minimum Gasteiger partial charge on any atom is -0.358 e. The van der Waals surface area contributed by atoms with Gasteiger partial charge in [-0.25, -0.2) is 0 Å². The molecule has 0 aromatic heterocycles. The van der Waals surface area contributed by atoms with Gasteiger partial charge in [-0.3, -0.25) is 4.79 Å². The fourth-order valence-corrected chi connectivity index (χ4v) is 1.56.